The number of ether oxygens (including phenoxy) is 1. The van der Waals surface area contributed by atoms with Crippen LogP contribution in [0.5, 0.6) is 5.75 Å². The van der Waals surface area contributed by atoms with E-state index in [2.05, 4.69) is 64.8 Å². The predicted octanol–water partition coefficient (Wildman–Crippen LogP) is 4.18. The zero-order valence-corrected chi connectivity index (χ0v) is 13.2. The van der Waals surface area contributed by atoms with Crippen LogP contribution in [0.15, 0.2) is 18.2 Å². The van der Waals surface area contributed by atoms with Gasteiger partial charge in [-0.25, -0.2) is 0 Å². The third-order valence-corrected chi connectivity index (χ3v) is 3.69. The number of rotatable bonds is 2. The molecule has 106 valence electrons. The van der Waals surface area contributed by atoms with Gasteiger partial charge < -0.3 is 4.74 Å². The van der Waals surface area contributed by atoms with Crippen molar-refractivity contribution in [2.75, 3.05) is 13.8 Å². The van der Waals surface area contributed by atoms with Crippen LogP contribution >= 0.6 is 0 Å². The fraction of sp³-hybridized carbons (Fsp3) is 0.647. The van der Waals surface area contributed by atoms with Gasteiger partial charge in [0.2, 0.25) is 0 Å². The second-order valence-electron chi connectivity index (χ2n) is 7.73. The monoisotopic (exact) mass is 261 g/mol. The Morgan fingerprint density at radius 3 is 2.47 bits per heavy atom. The van der Waals surface area contributed by atoms with Gasteiger partial charge in [-0.15, -0.1) is 0 Å². The van der Waals surface area contributed by atoms with Gasteiger partial charge in [0.25, 0.3) is 0 Å². The zero-order chi connectivity index (χ0) is 14.3. The lowest BCUT2D eigenvalue weighted by Crippen LogP contribution is -2.29. The first-order chi connectivity index (χ1) is 8.67. The minimum atomic E-state index is 0.198. The number of fused-ring (bicyclic) bond motifs is 1. The Morgan fingerprint density at radius 1 is 1.16 bits per heavy atom. The molecule has 0 unspecified atom stereocenters. The van der Waals surface area contributed by atoms with Crippen LogP contribution in [0, 0.1) is 5.41 Å². The molecule has 2 rings (SSSR count). The van der Waals surface area contributed by atoms with Crippen molar-refractivity contribution in [2.45, 2.75) is 53.0 Å². The molecule has 0 amide bonds. The molecular weight excluding hydrogens is 234 g/mol. The van der Waals surface area contributed by atoms with Crippen molar-refractivity contribution in [1.82, 2.24) is 4.90 Å². The molecule has 0 radical (unpaired) electrons. The molecule has 0 spiro atoms. The average molecular weight is 261 g/mol. The van der Waals surface area contributed by atoms with Crippen LogP contribution in [0.3, 0.4) is 0 Å². The van der Waals surface area contributed by atoms with Crippen LogP contribution in [-0.4, -0.2) is 18.7 Å². The molecule has 1 heterocycles. The summed E-state index contributed by atoms with van der Waals surface area (Å²) in [7, 11) is 2.09. The van der Waals surface area contributed by atoms with Gasteiger partial charge in [0.15, 0.2) is 0 Å². The number of benzene rings is 1. The molecule has 1 aromatic rings. The lowest BCUT2D eigenvalue weighted by Gasteiger charge is -2.34. The van der Waals surface area contributed by atoms with Gasteiger partial charge in [0.05, 0.1) is 0 Å². The number of hydrogen-bond donors (Lipinski definition) is 0. The number of nitrogens with zero attached hydrogens (tertiary/aromatic N) is 1. The molecule has 2 heteroatoms. The van der Waals surface area contributed by atoms with Crippen LogP contribution in [-0.2, 0) is 12.0 Å². The smallest absolute Gasteiger partial charge is 0.142 e. The van der Waals surface area contributed by atoms with Crippen LogP contribution in [0.4, 0.5) is 0 Å². The summed E-state index contributed by atoms with van der Waals surface area (Å²) in [5.41, 5.74) is 3.27. The molecule has 0 atom stereocenters. The lowest BCUT2D eigenvalue weighted by molar-refractivity contribution is 0.121. The summed E-state index contributed by atoms with van der Waals surface area (Å²) in [6.45, 7) is 13.3. The van der Waals surface area contributed by atoms with Gasteiger partial charge in [-0.05, 0) is 35.9 Å². The van der Waals surface area contributed by atoms with Gasteiger partial charge in [0, 0.05) is 12.1 Å². The highest BCUT2D eigenvalue weighted by Crippen LogP contribution is 2.38. The van der Waals surface area contributed by atoms with Crippen molar-refractivity contribution in [3.05, 3.63) is 29.3 Å². The van der Waals surface area contributed by atoms with Gasteiger partial charge in [0.1, 0.15) is 12.5 Å². The van der Waals surface area contributed by atoms with E-state index in [1.165, 1.54) is 17.5 Å². The summed E-state index contributed by atoms with van der Waals surface area (Å²) >= 11 is 0. The van der Waals surface area contributed by atoms with Crippen LogP contribution < -0.4 is 4.74 Å². The summed E-state index contributed by atoms with van der Waals surface area (Å²) in [4.78, 5) is 2.20. The van der Waals surface area contributed by atoms with Gasteiger partial charge in [-0.1, -0.05) is 46.8 Å². The Morgan fingerprint density at radius 2 is 1.84 bits per heavy atom. The van der Waals surface area contributed by atoms with Gasteiger partial charge >= 0.3 is 0 Å². The maximum Gasteiger partial charge on any atom is 0.142 e. The summed E-state index contributed by atoms with van der Waals surface area (Å²) in [6, 6.07) is 6.70. The molecule has 0 fully saturated rings. The molecule has 0 saturated carbocycles. The molecule has 1 aliphatic rings. The molecule has 1 aliphatic heterocycles. The summed E-state index contributed by atoms with van der Waals surface area (Å²) in [5, 5.41) is 0. The highest BCUT2D eigenvalue weighted by atomic mass is 16.5. The normalized spacial score (nSPS) is 16.9. The fourth-order valence-corrected chi connectivity index (χ4v) is 3.21. The number of hydrogen-bond acceptors (Lipinski definition) is 2. The largest absolute Gasteiger partial charge is 0.478 e. The highest BCUT2D eigenvalue weighted by Gasteiger charge is 2.28. The van der Waals surface area contributed by atoms with E-state index in [0.29, 0.717) is 12.1 Å². The van der Waals surface area contributed by atoms with Crippen molar-refractivity contribution in [2.24, 2.45) is 5.41 Å². The SMILES string of the molecule is CN1COc2ccc(C(C)(C)CC(C)(C)C)cc2C1. The first-order valence-corrected chi connectivity index (χ1v) is 7.12. The standard InChI is InChI=1S/C17H27NO/c1-16(2,3)11-17(4,5)14-7-8-15-13(9-14)10-18(6)12-19-15/h7-9H,10-12H2,1-6H3. The minimum absolute atomic E-state index is 0.198. The van der Waals surface area contributed by atoms with Crippen molar-refractivity contribution in [3.8, 4) is 5.75 Å². The van der Waals surface area contributed by atoms with E-state index in [1.54, 1.807) is 0 Å². The molecule has 0 saturated heterocycles. The first kappa shape index (κ1) is 14.4. The van der Waals surface area contributed by atoms with Gasteiger partial charge in [-0.3, -0.25) is 4.90 Å². The third-order valence-electron chi connectivity index (χ3n) is 3.69. The molecule has 0 bridgehead atoms. The Balaban J connectivity index is 2.28. The van der Waals surface area contributed by atoms with Crippen molar-refractivity contribution in [3.63, 3.8) is 0 Å². The Labute approximate surface area is 117 Å². The van der Waals surface area contributed by atoms with E-state index in [9.17, 15) is 0 Å². The summed E-state index contributed by atoms with van der Waals surface area (Å²) in [5.74, 6) is 1.05. The molecule has 1 aromatic carbocycles. The maximum absolute atomic E-state index is 5.73. The Kier molecular flexibility index (Phi) is 3.65. The first-order valence-electron chi connectivity index (χ1n) is 7.12. The van der Waals surface area contributed by atoms with E-state index in [4.69, 9.17) is 4.74 Å². The molecular formula is C17H27NO. The predicted molar refractivity (Wildman–Crippen MR) is 80.5 cm³/mol. The Hall–Kier alpha value is -1.02. The van der Waals surface area contributed by atoms with Crippen LogP contribution in [0.1, 0.15) is 52.2 Å². The minimum Gasteiger partial charge on any atom is -0.478 e. The lowest BCUT2D eigenvalue weighted by atomic mass is 9.72. The van der Waals surface area contributed by atoms with Crippen LogP contribution in [0.25, 0.3) is 0 Å². The average Bonchev–Trinajstić information content (AvgIpc) is 2.24. The van der Waals surface area contributed by atoms with Crippen molar-refractivity contribution < 1.29 is 4.74 Å². The zero-order valence-electron chi connectivity index (χ0n) is 13.2. The summed E-state index contributed by atoms with van der Waals surface area (Å²) in [6.07, 6.45) is 1.18. The highest BCUT2D eigenvalue weighted by molar-refractivity contribution is 5.40. The second kappa shape index (κ2) is 4.82. The van der Waals surface area contributed by atoms with Crippen molar-refractivity contribution in [1.29, 1.82) is 0 Å². The van der Waals surface area contributed by atoms with E-state index in [1.807, 2.05) is 0 Å². The quantitative estimate of drug-likeness (QED) is 0.792. The van der Waals surface area contributed by atoms with E-state index in [-0.39, 0.29) is 5.41 Å². The van der Waals surface area contributed by atoms with E-state index in [0.717, 1.165) is 12.3 Å². The maximum atomic E-state index is 5.73. The van der Waals surface area contributed by atoms with Crippen LogP contribution in [0.2, 0.25) is 0 Å². The topological polar surface area (TPSA) is 12.5 Å². The summed E-state index contributed by atoms with van der Waals surface area (Å²) < 4.78 is 5.73. The van der Waals surface area contributed by atoms with E-state index >= 15 is 0 Å². The molecule has 2 nitrogen and oxygen atoms in total. The van der Waals surface area contributed by atoms with Crippen molar-refractivity contribution >= 4 is 0 Å². The molecule has 0 aromatic heterocycles. The molecule has 19 heavy (non-hydrogen) atoms. The van der Waals surface area contributed by atoms with Gasteiger partial charge in [-0.2, -0.15) is 0 Å². The Bertz CT molecular complexity index is 457. The third kappa shape index (κ3) is 3.50. The molecule has 0 aliphatic carbocycles. The second-order valence-corrected chi connectivity index (χ2v) is 7.73. The fourth-order valence-electron chi connectivity index (χ4n) is 3.21. The molecule has 0 N–H and O–H groups in total. The van der Waals surface area contributed by atoms with E-state index < -0.39 is 0 Å².